The van der Waals surface area contributed by atoms with Crippen molar-refractivity contribution in [2.45, 2.75) is 25.2 Å². The van der Waals surface area contributed by atoms with E-state index in [-0.39, 0.29) is 10.9 Å². The molecule has 0 aliphatic rings. The van der Waals surface area contributed by atoms with E-state index in [9.17, 15) is 13.2 Å². The highest BCUT2D eigenvalue weighted by Crippen LogP contribution is 2.13. The highest BCUT2D eigenvalue weighted by molar-refractivity contribution is 7.90. The van der Waals surface area contributed by atoms with Crippen molar-refractivity contribution in [1.82, 2.24) is 5.32 Å². The topological polar surface area (TPSA) is 75.3 Å². The number of carbonyl (C=O) groups is 1. The van der Waals surface area contributed by atoms with Crippen molar-refractivity contribution in [3.8, 4) is 0 Å². The molecule has 19 heavy (non-hydrogen) atoms. The van der Waals surface area contributed by atoms with Crippen LogP contribution in [0.15, 0.2) is 29.2 Å². The molecule has 0 spiro atoms. The summed E-state index contributed by atoms with van der Waals surface area (Å²) in [5.41, 5.74) is 0.564. The Hall–Kier alpha value is -1.56. The maximum absolute atomic E-state index is 11.5. The van der Waals surface area contributed by atoms with Crippen LogP contribution in [0.25, 0.3) is 0 Å². The predicted octanol–water partition coefficient (Wildman–Crippen LogP) is 2.26. The van der Waals surface area contributed by atoms with E-state index in [1.54, 1.807) is 12.1 Å². The summed E-state index contributed by atoms with van der Waals surface area (Å²) in [5, 5.41) is 5.39. The van der Waals surface area contributed by atoms with Gasteiger partial charge in [0.15, 0.2) is 9.84 Å². The SMILES string of the molecule is CC(C)CCNC(=O)Nc1ccc(S(C)(=O)=O)cc1. The normalized spacial score (nSPS) is 11.4. The lowest BCUT2D eigenvalue weighted by Gasteiger charge is -2.09. The molecule has 1 aromatic rings. The van der Waals surface area contributed by atoms with Gasteiger partial charge in [0.05, 0.1) is 4.90 Å². The fourth-order valence-electron chi connectivity index (χ4n) is 1.44. The summed E-state index contributed by atoms with van der Waals surface area (Å²) in [6.45, 7) is 4.79. The van der Waals surface area contributed by atoms with Gasteiger partial charge in [-0.25, -0.2) is 13.2 Å². The molecule has 6 heteroatoms. The van der Waals surface area contributed by atoms with Crippen LogP contribution in [-0.4, -0.2) is 27.2 Å². The molecule has 5 nitrogen and oxygen atoms in total. The Kier molecular flexibility index (Phi) is 5.35. The molecule has 0 aliphatic carbocycles. The third-order valence-corrected chi connectivity index (χ3v) is 3.68. The van der Waals surface area contributed by atoms with Gasteiger partial charge in [-0.1, -0.05) is 13.8 Å². The molecule has 2 amide bonds. The van der Waals surface area contributed by atoms with Gasteiger partial charge in [0.25, 0.3) is 0 Å². The fraction of sp³-hybridized carbons (Fsp3) is 0.462. The smallest absolute Gasteiger partial charge is 0.319 e. The number of carbonyl (C=O) groups excluding carboxylic acids is 1. The fourth-order valence-corrected chi connectivity index (χ4v) is 2.07. The molecule has 0 fully saturated rings. The van der Waals surface area contributed by atoms with Crippen LogP contribution in [-0.2, 0) is 9.84 Å². The van der Waals surface area contributed by atoms with Crippen LogP contribution in [0.4, 0.5) is 10.5 Å². The van der Waals surface area contributed by atoms with Crippen LogP contribution in [0, 0.1) is 5.92 Å². The van der Waals surface area contributed by atoms with Gasteiger partial charge in [0.1, 0.15) is 0 Å². The third-order valence-electron chi connectivity index (χ3n) is 2.55. The van der Waals surface area contributed by atoms with Crippen LogP contribution >= 0.6 is 0 Å². The molecule has 0 saturated carbocycles. The van der Waals surface area contributed by atoms with E-state index in [1.807, 2.05) is 0 Å². The monoisotopic (exact) mass is 284 g/mol. The van der Waals surface area contributed by atoms with Crippen LogP contribution in [0.2, 0.25) is 0 Å². The Labute approximate surface area is 114 Å². The minimum atomic E-state index is -3.20. The quantitative estimate of drug-likeness (QED) is 0.871. The largest absolute Gasteiger partial charge is 0.338 e. The summed E-state index contributed by atoms with van der Waals surface area (Å²) >= 11 is 0. The molecule has 0 aliphatic heterocycles. The van der Waals surface area contributed by atoms with Gasteiger partial charge in [-0.15, -0.1) is 0 Å². The van der Waals surface area contributed by atoms with E-state index in [4.69, 9.17) is 0 Å². The maximum Gasteiger partial charge on any atom is 0.319 e. The number of urea groups is 1. The number of hydrogen-bond acceptors (Lipinski definition) is 3. The lowest BCUT2D eigenvalue weighted by atomic mass is 10.1. The lowest BCUT2D eigenvalue weighted by Crippen LogP contribution is -2.30. The second kappa shape index (κ2) is 6.56. The molecule has 106 valence electrons. The summed E-state index contributed by atoms with van der Waals surface area (Å²) in [6, 6.07) is 5.79. The van der Waals surface area contributed by atoms with Crippen molar-refractivity contribution in [3.05, 3.63) is 24.3 Å². The molecule has 0 saturated heterocycles. The van der Waals surface area contributed by atoms with Crippen LogP contribution in [0.3, 0.4) is 0 Å². The number of nitrogens with one attached hydrogen (secondary N) is 2. The highest BCUT2D eigenvalue weighted by Gasteiger charge is 2.07. The van der Waals surface area contributed by atoms with Crippen LogP contribution in [0.5, 0.6) is 0 Å². The van der Waals surface area contributed by atoms with E-state index in [1.165, 1.54) is 12.1 Å². The first-order valence-corrected chi connectivity index (χ1v) is 8.03. The van der Waals surface area contributed by atoms with Gasteiger partial charge >= 0.3 is 6.03 Å². The lowest BCUT2D eigenvalue weighted by molar-refractivity contribution is 0.251. The molecular weight excluding hydrogens is 264 g/mol. The number of rotatable bonds is 5. The first-order chi connectivity index (χ1) is 8.79. The zero-order valence-electron chi connectivity index (χ0n) is 11.4. The Bertz CT molecular complexity index is 521. The molecule has 2 N–H and O–H groups in total. The van der Waals surface area contributed by atoms with Gasteiger partial charge in [-0.3, -0.25) is 0 Å². The molecule has 0 radical (unpaired) electrons. The summed E-state index contributed by atoms with van der Waals surface area (Å²) in [7, 11) is -3.20. The molecule has 0 unspecified atom stereocenters. The third kappa shape index (κ3) is 5.74. The van der Waals surface area contributed by atoms with Crippen molar-refractivity contribution in [3.63, 3.8) is 0 Å². The summed E-state index contributed by atoms with van der Waals surface area (Å²) in [5.74, 6) is 0.536. The van der Waals surface area contributed by atoms with Gasteiger partial charge in [0, 0.05) is 18.5 Å². The summed E-state index contributed by atoms with van der Waals surface area (Å²) in [4.78, 5) is 11.8. The molecule has 0 bridgehead atoms. The highest BCUT2D eigenvalue weighted by atomic mass is 32.2. The van der Waals surface area contributed by atoms with Crippen molar-refractivity contribution >= 4 is 21.6 Å². The maximum atomic E-state index is 11.5. The van der Waals surface area contributed by atoms with Crippen LogP contribution in [0.1, 0.15) is 20.3 Å². The van der Waals surface area contributed by atoms with E-state index < -0.39 is 9.84 Å². The van der Waals surface area contributed by atoms with E-state index in [0.29, 0.717) is 18.2 Å². The number of hydrogen-bond donors (Lipinski definition) is 2. The Balaban J connectivity index is 2.52. The van der Waals surface area contributed by atoms with Gasteiger partial charge in [0.2, 0.25) is 0 Å². The zero-order valence-corrected chi connectivity index (χ0v) is 12.3. The average Bonchev–Trinajstić information content (AvgIpc) is 2.27. The van der Waals surface area contributed by atoms with E-state index in [2.05, 4.69) is 24.5 Å². The summed E-state index contributed by atoms with van der Waals surface area (Å²) in [6.07, 6.45) is 2.06. The Morgan fingerprint density at radius 1 is 1.21 bits per heavy atom. The standard InChI is InChI=1S/C13H20N2O3S/c1-10(2)8-9-14-13(16)15-11-4-6-12(7-5-11)19(3,17)18/h4-7,10H,8-9H2,1-3H3,(H2,14,15,16). The van der Waals surface area contributed by atoms with Gasteiger partial charge < -0.3 is 10.6 Å². The number of anilines is 1. The first-order valence-electron chi connectivity index (χ1n) is 6.14. The Morgan fingerprint density at radius 2 is 1.79 bits per heavy atom. The van der Waals surface area contributed by atoms with Crippen molar-refractivity contribution < 1.29 is 13.2 Å². The average molecular weight is 284 g/mol. The first kappa shape index (κ1) is 15.5. The number of amides is 2. The molecule has 0 atom stereocenters. The number of sulfone groups is 1. The molecule has 1 rings (SSSR count). The molecule has 0 aromatic heterocycles. The van der Waals surface area contributed by atoms with Gasteiger partial charge in [-0.05, 0) is 36.6 Å². The second-order valence-corrected chi connectivity index (χ2v) is 6.88. The van der Waals surface area contributed by atoms with Crippen molar-refractivity contribution in [2.24, 2.45) is 5.92 Å². The molecule has 0 heterocycles. The number of benzene rings is 1. The molecule has 1 aromatic carbocycles. The van der Waals surface area contributed by atoms with E-state index in [0.717, 1.165) is 12.7 Å². The second-order valence-electron chi connectivity index (χ2n) is 4.86. The molecular formula is C13H20N2O3S. The van der Waals surface area contributed by atoms with Crippen LogP contribution < -0.4 is 10.6 Å². The summed E-state index contributed by atoms with van der Waals surface area (Å²) < 4.78 is 22.5. The Morgan fingerprint density at radius 3 is 2.26 bits per heavy atom. The van der Waals surface area contributed by atoms with Crippen molar-refractivity contribution in [1.29, 1.82) is 0 Å². The predicted molar refractivity (Wildman–Crippen MR) is 76.0 cm³/mol. The van der Waals surface area contributed by atoms with Gasteiger partial charge in [-0.2, -0.15) is 0 Å². The van der Waals surface area contributed by atoms with Crippen molar-refractivity contribution in [2.75, 3.05) is 18.1 Å². The zero-order chi connectivity index (χ0) is 14.5. The minimum Gasteiger partial charge on any atom is -0.338 e. The van der Waals surface area contributed by atoms with E-state index >= 15 is 0 Å². The minimum absolute atomic E-state index is 0.235.